The van der Waals surface area contributed by atoms with Crippen LogP contribution in [0.4, 0.5) is 11.4 Å². The van der Waals surface area contributed by atoms with Crippen molar-refractivity contribution in [3.8, 4) is 5.75 Å². The zero-order chi connectivity index (χ0) is 31.6. The van der Waals surface area contributed by atoms with Gasteiger partial charge in [0.2, 0.25) is 0 Å². The third-order valence-corrected chi connectivity index (χ3v) is 6.74. The van der Waals surface area contributed by atoms with E-state index in [0.29, 0.717) is 5.92 Å². The molecule has 0 amide bonds. The molecule has 0 unspecified atom stereocenters. The number of aryl methyl sites for hydroxylation is 3. The number of benzene rings is 2. The average Bonchev–Trinajstić information content (AvgIpc) is 2.94. The molecule has 0 aliphatic heterocycles. The van der Waals surface area contributed by atoms with E-state index < -0.39 is 0 Å². The van der Waals surface area contributed by atoms with E-state index in [1.165, 1.54) is 28.0 Å². The summed E-state index contributed by atoms with van der Waals surface area (Å²) in [5.41, 5.74) is 10.1. The lowest BCUT2D eigenvalue weighted by atomic mass is 9.85. The molecule has 0 fully saturated rings. The van der Waals surface area contributed by atoms with E-state index in [1.54, 1.807) is 7.11 Å². The van der Waals surface area contributed by atoms with Crippen LogP contribution in [0.25, 0.3) is 0 Å². The Morgan fingerprint density at radius 2 is 1.63 bits per heavy atom. The lowest BCUT2D eigenvalue weighted by Crippen LogP contribution is -2.11. The molecule has 4 nitrogen and oxygen atoms in total. The summed E-state index contributed by atoms with van der Waals surface area (Å²) >= 11 is 0. The minimum absolute atomic E-state index is 0.276. The summed E-state index contributed by atoms with van der Waals surface area (Å²) in [6, 6.07) is 10.9. The molecule has 0 radical (unpaired) electrons. The van der Waals surface area contributed by atoms with Gasteiger partial charge in [0.25, 0.3) is 0 Å². The van der Waals surface area contributed by atoms with Crippen molar-refractivity contribution in [2.75, 3.05) is 31.8 Å². The molecule has 0 saturated carbocycles. The predicted molar refractivity (Wildman–Crippen MR) is 186 cm³/mol. The highest BCUT2D eigenvalue weighted by molar-refractivity contribution is 5.71. The normalized spacial score (nSPS) is 11.9. The number of anilines is 2. The second-order valence-corrected chi connectivity index (χ2v) is 11.3. The van der Waals surface area contributed by atoms with Crippen molar-refractivity contribution in [3.63, 3.8) is 0 Å². The molecule has 2 rings (SSSR count). The van der Waals surface area contributed by atoms with Gasteiger partial charge in [-0.05, 0) is 78.5 Å². The van der Waals surface area contributed by atoms with E-state index in [1.807, 2.05) is 34.0 Å². The molecule has 0 aliphatic rings. The van der Waals surface area contributed by atoms with Crippen molar-refractivity contribution < 1.29 is 4.74 Å². The number of rotatable bonds is 11. The third-order valence-electron chi connectivity index (χ3n) is 6.74. The number of allylic oxidation sites excluding steroid dienone is 5. The molecule has 2 aromatic rings. The van der Waals surface area contributed by atoms with Crippen LogP contribution in [0.2, 0.25) is 0 Å². The largest absolute Gasteiger partial charge is 0.494 e. The molecule has 2 aromatic carbocycles. The quantitative estimate of drug-likeness (QED) is 0.238. The Balaban J connectivity index is 0.000000947. The first-order valence-electron chi connectivity index (χ1n) is 15.4. The highest BCUT2D eigenvalue weighted by Crippen LogP contribution is 2.34. The first-order chi connectivity index (χ1) is 19.4. The van der Waals surface area contributed by atoms with E-state index in [0.717, 1.165) is 42.1 Å². The summed E-state index contributed by atoms with van der Waals surface area (Å²) < 4.78 is 5.67. The molecule has 0 atom stereocenters. The van der Waals surface area contributed by atoms with Crippen molar-refractivity contribution >= 4 is 11.4 Å². The Labute approximate surface area is 253 Å². The Hall–Kier alpha value is -3.14. The van der Waals surface area contributed by atoms with Gasteiger partial charge in [-0.15, -0.1) is 0 Å². The maximum Gasteiger partial charge on any atom is 0.144 e. The smallest absolute Gasteiger partial charge is 0.144 e. The van der Waals surface area contributed by atoms with Crippen LogP contribution in [0.3, 0.4) is 0 Å². The van der Waals surface area contributed by atoms with E-state index in [2.05, 4.69) is 127 Å². The van der Waals surface area contributed by atoms with Gasteiger partial charge in [-0.1, -0.05) is 99.1 Å². The minimum atomic E-state index is 0.276. The first kappa shape index (κ1) is 37.9. The zero-order valence-electron chi connectivity index (χ0n) is 28.8. The topological polar surface area (TPSA) is 45.3 Å². The molecular formula is C37H61N3O. The molecule has 230 valence electrons. The summed E-state index contributed by atoms with van der Waals surface area (Å²) in [4.78, 5) is 0. The molecule has 0 aliphatic carbocycles. The molecule has 0 saturated heterocycles. The third kappa shape index (κ3) is 13.4. The van der Waals surface area contributed by atoms with Crippen LogP contribution < -0.4 is 20.7 Å². The molecule has 0 heterocycles. The molecule has 0 aromatic heterocycles. The van der Waals surface area contributed by atoms with Gasteiger partial charge in [0.05, 0.1) is 12.8 Å². The van der Waals surface area contributed by atoms with Gasteiger partial charge in [-0.3, -0.25) is 0 Å². The number of hydrogen-bond acceptors (Lipinski definition) is 4. The van der Waals surface area contributed by atoms with Gasteiger partial charge in [-0.25, -0.2) is 0 Å². The van der Waals surface area contributed by atoms with Crippen LogP contribution in [0, 0.1) is 19.8 Å². The fourth-order valence-corrected chi connectivity index (χ4v) is 4.14. The highest BCUT2D eigenvalue weighted by Gasteiger charge is 2.14. The Kier molecular flexibility index (Phi) is 18.3. The predicted octanol–water partition coefficient (Wildman–Crippen LogP) is 10.3. The molecule has 4 heteroatoms. The van der Waals surface area contributed by atoms with Crippen LogP contribution >= 0.6 is 0 Å². The Bertz CT molecular complexity index is 1120. The summed E-state index contributed by atoms with van der Waals surface area (Å²) in [6.45, 7) is 23.8. The molecular weight excluding hydrogens is 502 g/mol. The molecule has 0 bridgehead atoms. The number of nitrogens with one attached hydrogen (secondary N) is 3. The van der Waals surface area contributed by atoms with Gasteiger partial charge in [0.1, 0.15) is 5.75 Å². The monoisotopic (exact) mass is 563 g/mol. The minimum Gasteiger partial charge on any atom is -0.494 e. The van der Waals surface area contributed by atoms with E-state index >= 15 is 0 Å². The molecule has 41 heavy (non-hydrogen) atoms. The zero-order valence-corrected chi connectivity index (χ0v) is 28.8. The van der Waals surface area contributed by atoms with Gasteiger partial charge >= 0.3 is 0 Å². The van der Waals surface area contributed by atoms with Crippen molar-refractivity contribution in [1.82, 2.24) is 5.32 Å². The summed E-state index contributed by atoms with van der Waals surface area (Å²) in [5.74, 6) is 1.32. The standard InChI is InChI=1S/C23H37N3O.C12H18.C2H6/c1-8-11-18-15-20(24-5)16-22(27-7)23(18)26-19(12-9-2)13-10-14-21(25-6)17(3)4;1-9-6-7-11(8-10(9)2)12(3,4)5;1-2/h10,12-17,24-26H,8-9,11H2,1-7H3;6-8H,1-5H3;1-2H3/b13-10+,19-12+,21-14-;;. The van der Waals surface area contributed by atoms with Crippen LogP contribution in [-0.2, 0) is 11.8 Å². The summed E-state index contributed by atoms with van der Waals surface area (Å²) in [5, 5.41) is 10.1. The van der Waals surface area contributed by atoms with E-state index in [9.17, 15) is 0 Å². The van der Waals surface area contributed by atoms with Gasteiger partial charge in [0.15, 0.2) is 0 Å². The maximum atomic E-state index is 5.67. The number of ether oxygens (including phenoxy) is 1. The second-order valence-electron chi connectivity index (χ2n) is 11.3. The Morgan fingerprint density at radius 3 is 2.10 bits per heavy atom. The van der Waals surface area contributed by atoms with Crippen molar-refractivity contribution in [2.24, 2.45) is 5.92 Å². The van der Waals surface area contributed by atoms with Gasteiger partial charge < -0.3 is 20.7 Å². The van der Waals surface area contributed by atoms with Crippen LogP contribution in [0.5, 0.6) is 5.75 Å². The Morgan fingerprint density at radius 1 is 0.976 bits per heavy atom. The van der Waals surface area contributed by atoms with E-state index in [-0.39, 0.29) is 5.41 Å². The molecule has 3 N–H and O–H groups in total. The van der Waals surface area contributed by atoms with Gasteiger partial charge in [0, 0.05) is 37.2 Å². The van der Waals surface area contributed by atoms with Crippen LogP contribution in [0.1, 0.15) is 97.4 Å². The van der Waals surface area contributed by atoms with Gasteiger partial charge in [-0.2, -0.15) is 0 Å². The maximum absolute atomic E-state index is 5.67. The average molecular weight is 564 g/mol. The number of methoxy groups -OCH3 is 1. The van der Waals surface area contributed by atoms with E-state index in [4.69, 9.17) is 4.74 Å². The fourth-order valence-electron chi connectivity index (χ4n) is 4.14. The highest BCUT2D eigenvalue weighted by atomic mass is 16.5. The SMILES string of the molecule is CC.CC\C=C(/C=C/C=C(\NC)C(C)C)Nc1c(CCC)cc(NC)cc1OC.Cc1ccc(C(C)(C)C)cc1C. The number of hydrogen-bond donors (Lipinski definition) is 3. The second kappa shape index (κ2) is 19.9. The van der Waals surface area contributed by atoms with Crippen molar-refractivity contribution in [2.45, 2.75) is 101 Å². The van der Waals surface area contributed by atoms with Crippen LogP contribution in [0.15, 0.2) is 66.0 Å². The van der Waals surface area contributed by atoms with Crippen molar-refractivity contribution in [3.05, 3.63) is 88.3 Å². The first-order valence-corrected chi connectivity index (χ1v) is 15.4. The lowest BCUT2D eigenvalue weighted by molar-refractivity contribution is 0.416. The van der Waals surface area contributed by atoms with Crippen LogP contribution in [-0.4, -0.2) is 21.2 Å². The summed E-state index contributed by atoms with van der Waals surface area (Å²) in [7, 11) is 5.62. The summed E-state index contributed by atoms with van der Waals surface area (Å²) in [6.07, 6.45) is 11.6. The fraction of sp³-hybridized carbons (Fsp3) is 0.514. The lowest BCUT2D eigenvalue weighted by Gasteiger charge is -2.19. The molecule has 0 spiro atoms. The van der Waals surface area contributed by atoms with Crippen molar-refractivity contribution in [1.29, 1.82) is 0 Å².